The number of methoxy groups -OCH3 is 1. The summed E-state index contributed by atoms with van der Waals surface area (Å²) in [5.41, 5.74) is 8.00. The third kappa shape index (κ3) is 5.08. The Labute approximate surface area is 153 Å². The molecule has 7 nitrogen and oxygen atoms in total. The van der Waals surface area contributed by atoms with Crippen LogP contribution < -0.4 is 5.73 Å². The van der Waals surface area contributed by atoms with Gasteiger partial charge in [-0.3, -0.25) is 9.89 Å². The van der Waals surface area contributed by atoms with Gasteiger partial charge in [-0.15, -0.1) is 0 Å². The monoisotopic (exact) mass is 359 g/mol. The lowest BCUT2D eigenvalue weighted by Gasteiger charge is -2.23. The average molecular weight is 359 g/mol. The first-order valence-electron chi connectivity index (χ1n) is 8.33. The summed E-state index contributed by atoms with van der Waals surface area (Å²) in [5, 5.41) is 0. The zero-order valence-electron chi connectivity index (χ0n) is 15.6. The Kier molecular flexibility index (Phi) is 6.02. The van der Waals surface area contributed by atoms with Gasteiger partial charge in [0, 0.05) is 11.8 Å². The highest BCUT2D eigenvalue weighted by atomic mass is 16.6. The highest BCUT2D eigenvalue weighted by Gasteiger charge is 2.30. The molecule has 1 saturated heterocycles. The Bertz CT molecular complexity index is 747. The molecule has 0 aliphatic carbocycles. The molecule has 140 valence electrons. The van der Waals surface area contributed by atoms with E-state index < -0.39 is 11.7 Å². The minimum Gasteiger partial charge on any atom is -0.465 e. The number of benzene rings is 1. The summed E-state index contributed by atoms with van der Waals surface area (Å²) in [4.78, 5) is 30.0. The molecule has 1 aromatic rings. The Hall–Kier alpha value is -2.83. The van der Waals surface area contributed by atoms with Crippen molar-refractivity contribution in [2.24, 2.45) is 10.7 Å². The predicted molar refractivity (Wildman–Crippen MR) is 99.0 cm³/mol. The number of nitrogens with two attached hydrogens (primary N) is 1. The summed E-state index contributed by atoms with van der Waals surface area (Å²) in [7, 11) is 1.34. The van der Waals surface area contributed by atoms with Crippen molar-refractivity contribution < 1.29 is 19.1 Å². The number of amides is 1. The van der Waals surface area contributed by atoms with Gasteiger partial charge in [-0.05, 0) is 38.5 Å². The van der Waals surface area contributed by atoms with Gasteiger partial charge in [-0.2, -0.15) is 0 Å². The Balaban J connectivity index is 2.10. The standard InChI is InChI=1S/C19H25N3O4/c1-19(2,3)26-18(24)22-11-15(9-20)16(12-22)21-10-13-6-5-7-14(8-13)17(23)25-4/h5-9H,10-12,20H2,1-4H3. The van der Waals surface area contributed by atoms with Crippen molar-refractivity contribution in [2.45, 2.75) is 32.9 Å². The number of ether oxygens (including phenoxy) is 2. The van der Waals surface area contributed by atoms with E-state index in [0.717, 1.165) is 16.8 Å². The van der Waals surface area contributed by atoms with E-state index in [1.165, 1.54) is 13.3 Å². The van der Waals surface area contributed by atoms with Gasteiger partial charge in [0.15, 0.2) is 0 Å². The summed E-state index contributed by atoms with van der Waals surface area (Å²) in [6.45, 7) is 6.55. The van der Waals surface area contributed by atoms with Crippen molar-refractivity contribution in [3.05, 3.63) is 47.2 Å². The molecule has 0 radical (unpaired) electrons. The number of aliphatic imine (C=N–C) groups is 1. The number of hydrogen-bond acceptors (Lipinski definition) is 6. The van der Waals surface area contributed by atoms with Gasteiger partial charge < -0.3 is 15.2 Å². The molecule has 1 aliphatic heterocycles. The normalized spacial score (nSPS) is 17.6. The van der Waals surface area contributed by atoms with Crippen LogP contribution in [0.3, 0.4) is 0 Å². The second-order valence-corrected chi connectivity index (χ2v) is 6.98. The molecule has 1 heterocycles. The van der Waals surface area contributed by atoms with Crippen LogP contribution in [0.5, 0.6) is 0 Å². The molecular weight excluding hydrogens is 334 g/mol. The summed E-state index contributed by atoms with van der Waals surface area (Å²) in [6.07, 6.45) is 1.07. The Morgan fingerprint density at radius 1 is 1.31 bits per heavy atom. The fraction of sp³-hybridized carbons (Fsp3) is 0.421. The van der Waals surface area contributed by atoms with E-state index in [1.807, 2.05) is 26.8 Å². The third-order valence-electron chi connectivity index (χ3n) is 3.73. The molecule has 0 saturated carbocycles. The summed E-state index contributed by atoms with van der Waals surface area (Å²) in [6, 6.07) is 7.09. The minimum absolute atomic E-state index is 0.342. The number of hydrogen-bond donors (Lipinski definition) is 1. The average Bonchev–Trinajstić information content (AvgIpc) is 3.01. The number of carbonyl (C=O) groups excluding carboxylic acids is 2. The van der Waals surface area contributed by atoms with Gasteiger partial charge in [0.05, 0.1) is 38.0 Å². The highest BCUT2D eigenvalue weighted by Crippen LogP contribution is 2.18. The zero-order chi connectivity index (χ0) is 19.3. The predicted octanol–water partition coefficient (Wildman–Crippen LogP) is 2.51. The Morgan fingerprint density at radius 2 is 2.04 bits per heavy atom. The molecule has 1 aromatic carbocycles. The lowest BCUT2D eigenvalue weighted by molar-refractivity contribution is 0.0309. The van der Waals surface area contributed by atoms with Gasteiger partial charge in [-0.25, -0.2) is 9.59 Å². The van der Waals surface area contributed by atoms with E-state index in [1.54, 1.807) is 23.1 Å². The summed E-state index contributed by atoms with van der Waals surface area (Å²) in [5.74, 6) is -0.390. The molecule has 0 aromatic heterocycles. The lowest BCUT2D eigenvalue weighted by atomic mass is 10.1. The quantitative estimate of drug-likeness (QED) is 0.837. The second kappa shape index (κ2) is 8.03. The first-order valence-corrected chi connectivity index (χ1v) is 8.33. The third-order valence-corrected chi connectivity index (χ3v) is 3.73. The van der Waals surface area contributed by atoms with E-state index in [-0.39, 0.29) is 5.97 Å². The molecule has 7 heteroatoms. The molecule has 0 bridgehead atoms. The van der Waals surface area contributed by atoms with Gasteiger partial charge in [0.1, 0.15) is 5.60 Å². The van der Waals surface area contributed by atoms with E-state index in [9.17, 15) is 9.59 Å². The summed E-state index contributed by atoms with van der Waals surface area (Å²) < 4.78 is 10.1. The number of rotatable bonds is 3. The fourth-order valence-electron chi connectivity index (χ4n) is 2.49. The smallest absolute Gasteiger partial charge is 0.410 e. The van der Waals surface area contributed by atoms with Gasteiger partial charge in [-0.1, -0.05) is 12.1 Å². The lowest BCUT2D eigenvalue weighted by Crippen LogP contribution is -2.35. The maximum Gasteiger partial charge on any atom is 0.410 e. The number of carbonyl (C=O) groups is 2. The highest BCUT2D eigenvalue weighted by molar-refractivity contribution is 6.06. The van der Waals surface area contributed by atoms with Crippen molar-refractivity contribution in [3.8, 4) is 0 Å². The SMILES string of the molecule is COC(=O)c1cccc(CN=C2CN(C(=O)OC(C)(C)C)CC2=CN)c1. The van der Waals surface area contributed by atoms with Gasteiger partial charge in [0.25, 0.3) is 0 Å². The largest absolute Gasteiger partial charge is 0.465 e. The molecule has 0 unspecified atom stereocenters. The number of esters is 1. The molecule has 2 rings (SSSR count). The first kappa shape index (κ1) is 19.5. The second-order valence-electron chi connectivity index (χ2n) is 6.98. The molecule has 1 aliphatic rings. The van der Waals surface area contributed by atoms with E-state index in [4.69, 9.17) is 15.2 Å². The van der Waals surface area contributed by atoms with Crippen molar-refractivity contribution in [2.75, 3.05) is 20.2 Å². The van der Waals surface area contributed by atoms with Gasteiger partial charge in [0.2, 0.25) is 0 Å². The topological polar surface area (TPSA) is 94.2 Å². The van der Waals surface area contributed by atoms with Crippen molar-refractivity contribution in [3.63, 3.8) is 0 Å². The van der Waals surface area contributed by atoms with Crippen LogP contribution in [-0.2, 0) is 16.0 Å². The van der Waals surface area contributed by atoms with Crippen molar-refractivity contribution in [1.29, 1.82) is 0 Å². The maximum atomic E-state index is 12.2. The maximum absolute atomic E-state index is 12.2. The molecule has 2 N–H and O–H groups in total. The van der Waals surface area contributed by atoms with Crippen molar-refractivity contribution >= 4 is 17.8 Å². The minimum atomic E-state index is -0.558. The van der Waals surface area contributed by atoms with Crippen LogP contribution in [0, 0.1) is 0 Å². The molecule has 0 atom stereocenters. The summed E-state index contributed by atoms with van der Waals surface area (Å²) >= 11 is 0. The molecular formula is C19H25N3O4. The molecule has 1 fully saturated rings. The van der Waals surface area contributed by atoms with Gasteiger partial charge >= 0.3 is 12.1 Å². The van der Waals surface area contributed by atoms with E-state index >= 15 is 0 Å². The van der Waals surface area contributed by atoms with Crippen LogP contribution in [0.25, 0.3) is 0 Å². The fourth-order valence-corrected chi connectivity index (χ4v) is 2.49. The Morgan fingerprint density at radius 3 is 2.65 bits per heavy atom. The van der Waals surface area contributed by atoms with Crippen LogP contribution in [-0.4, -0.2) is 48.5 Å². The van der Waals surface area contributed by atoms with Crippen molar-refractivity contribution in [1.82, 2.24) is 4.90 Å². The van der Waals surface area contributed by atoms with E-state index in [0.29, 0.717) is 25.2 Å². The van der Waals surface area contributed by atoms with E-state index in [2.05, 4.69) is 4.99 Å². The first-order chi connectivity index (χ1) is 12.2. The molecule has 26 heavy (non-hydrogen) atoms. The molecule has 1 amide bonds. The number of nitrogens with zero attached hydrogens (tertiary/aromatic N) is 2. The number of likely N-dealkylation sites (tertiary alicyclic amines) is 1. The van der Waals surface area contributed by atoms with Crippen LogP contribution in [0.2, 0.25) is 0 Å². The molecule has 0 spiro atoms. The zero-order valence-corrected chi connectivity index (χ0v) is 15.6. The van der Waals surface area contributed by atoms with Crippen LogP contribution >= 0.6 is 0 Å². The van der Waals surface area contributed by atoms with Crippen LogP contribution in [0.4, 0.5) is 4.79 Å². The van der Waals surface area contributed by atoms with Crippen LogP contribution in [0.15, 0.2) is 41.0 Å². The van der Waals surface area contributed by atoms with Crippen LogP contribution in [0.1, 0.15) is 36.7 Å².